The van der Waals surface area contributed by atoms with E-state index >= 15 is 0 Å². The van der Waals surface area contributed by atoms with Crippen LogP contribution in [-0.2, 0) is 22.3 Å². The normalized spacial score (nSPS) is 11.4. The van der Waals surface area contributed by atoms with Gasteiger partial charge >= 0.3 is 12.1 Å². The topological polar surface area (TPSA) is 82.8 Å². The summed E-state index contributed by atoms with van der Waals surface area (Å²) < 4.78 is 44.0. The van der Waals surface area contributed by atoms with Crippen molar-refractivity contribution in [2.75, 3.05) is 7.11 Å². The van der Waals surface area contributed by atoms with Gasteiger partial charge < -0.3 is 4.74 Å². The fourth-order valence-electron chi connectivity index (χ4n) is 1.33. The van der Waals surface area contributed by atoms with Gasteiger partial charge in [0, 0.05) is 6.20 Å². The van der Waals surface area contributed by atoms with Crippen molar-refractivity contribution in [3.05, 3.63) is 23.9 Å². The van der Waals surface area contributed by atoms with Crippen molar-refractivity contribution in [3.63, 3.8) is 0 Å². The number of methoxy groups -OCH3 is 1. The van der Waals surface area contributed by atoms with E-state index < -0.39 is 17.7 Å². The number of hydrogen-bond donors (Lipinski definition) is 0. The number of esters is 1. The lowest BCUT2D eigenvalue weighted by Gasteiger charge is -2.10. The highest BCUT2D eigenvalue weighted by Gasteiger charge is 2.34. The molecule has 11 heteroatoms. The number of tetrazole rings is 1. The van der Waals surface area contributed by atoms with Crippen molar-refractivity contribution in [1.82, 2.24) is 25.2 Å². The number of hydrogen-bond acceptors (Lipinski definition) is 7. The van der Waals surface area contributed by atoms with Gasteiger partial charge in [-0.05, 0) is 34.3 Å². The molecule has 0 amide bonds. The van der Waals surface area contributed by atoms with Crippen LogP contribution in [0.5, 0.6) is 0 Å². The van der Waals surface area contributed by atoms with Crippen molar-refractivity contribution >= 4 is 17.7 Å². The first-order valence-electron chi connectivity index (χ1n) is 5.45. The molecule has 2 rings (SSSR count). The summed E-state index contributed by atoms with van der Waals surface area (Å²) in [7, 11) is 1.18. The maximum Gasteiger partial charge on any atom is 0.419 e. The molecule has 0 N–H and O–H groups in total. The first kappa shape index (κ1) is 15.2. The Kier molecular flexibility index (Phi) is 4.40. The monoisotopic (exact) mass is 319 g/mol. The second-order valence-corrected chi connectivity index (χ2v) is 4.61. The van der Waals surface area contributed by atoms with Crippen molar-refractivity contribution in [1.29, 1.82) is 0 Å². The third kappa shape index (κ3) is 3.68. The smallest absolute Gasteiger partial charge is 0.419 e. The van der Waals surface area contributed by atoms with Crippen molar-refractivity contribution < 1.29 is 22.7 Å². The van der Waals surface area contributed by atoms with Crippen LogP contribution in [0.25, 0.3) is 0 Å². The molecule has 0 aliphatic rings. The van der Waals surface area contributed by atoms with E-state index in [-0.39, 0.29) is 16.7 Å². The molecule has 0 saturated carbocycles. The van der Waals surface area contributed by atoms with Gasteiger partial charge in [-0.1, -0.05) is 0 Å². The molecule has 2 aromatic heterocycles. The highest BCUT2D eigenvalue weighted by atomic mass is 32.2. The minimum Gasteiger partial charge on any atom is -0.468 e. The third-order valence-electron chi connectivity index (χ3n) is 2.27. The molecule has 0 bridgehead atoms. The lowest BCUT2D eigenvalue weighted by molar-refractivity contribution is -0.142. The fraction of sp³-hybridized carbons (Fsp3) is 0.300. The summed E-state index contributed by atoms with van der Waals surface area (Å²) in [4.78, 5) is 14.8. The number of alkyl halides is 3. The number of carbonyl (C=O) groups excluding carboxylic acids is 1. The number of halogens is 3. The van der Waals surface area contributed by atoms with E-state index in [1.807, 2.05) is 0 Å². The van der Waals surface area contributed by atoms with E-state index in [0.29, 0.717) is 11.8 Å². The van der Waals surface area contributed by atoms with Gasteiger partial charge in [-0.25, -0.2) is 9.67 Å². The number of nitrogens with zero attached hydrogens (tertiary/aromatic N) is 5. The summed E-state index contributed by atoms with van der Waals surface area (Å²) in [6.45, 7) is -0.306. The van der Waals surface area contributed by atoms with Gasteiger partial charge in [0.05, 0.1) is 12.7 Å². The quantitative estimate of drug-likeness (QED) is 0.788. The van der Waals surface area contributed by atoms with Crippen LogP contribution in [0.4, 0.5) is 13.2 Å². The number of carbonyl (C=O) groups is 1. The fourth-order valence-corrected chi connectivity index (χ4v) is 2.19. The molecular formula is C10H8F3N5O2S. The lowest BCUT2D eigenvalue weighted by Crippen LogP contribution is -2.14. The van der Waals surface area contributed by atoms with Gasteiger partial charge in [0.2, 0.25) is 5.16 Å². The molecule has 2 heterocycles. The average Bonchev–Trinajstić information content (AvgIpc) is 2.85. The molecule has 0 unspecified atom stereocenters. The Morgan fingerprint density at radius 2 is 2.24 bits per heavy atom. The summed E-state index contributed by atoms with van der Waals surface area (Å²) in [6, 6.07) is 2.09. The Labute approximate surface area is 120 Å². The first-order chi connectivity index (χ1) is 9.91. The Morgan fingerprint density at radius 1 is 1.48 bits per heavy atom. The molecule has 0 aromatic carbocycles. The highest BCUT2D eigenvalue weighted by molar-refractivity contribution is 7.99. The van der Waals surface area contributed by atoms with E-state index in [1.165, 1.54) is 19.4 Å². The maximum absolute atomic E-state index is 12.9. The lowest BCUT2D eigenvalue weighted by atomic mass is 10.3. The predicted octanol–water partition coefficient (Wildman–Crippen LogP) is 1.41. The van der Waals surface area contributed by atoms with Crippen molar-refractivity contribution in [3.8, 4) is 0 Å². The third-order valence-corrected chi connectivity index (χ3v) is 3.26. The van der Waals surface area contributed by atoms with Crippen LogP contribution < -0.4 is 0 Å². The Hall–Kier alpha value is -2.17. The first-order valence-corrected chi connectivity index (χ1v) is 6.26. The molecule has 7 nitrogen and oxygen atoms in total. The molecular weight excluding hydrogens is 311 g/mol. The highest BCUT2D eigenvalue weighted by Crippen LogP contribution is 2.37. The number of ether oxygens (including phenoxy) is 1. The van der Waals surface area contributed by atoms with Crippen LogP contribution >= 0.6 is 11.8 Å². The molecule has 0 spiro atoms. The number of pyridine rings is 1. The van der Waals surface area contributed by atoms with Crippen LogP contribution in [0.3, 0.4) is 0 Å². The zero-order valence-electron chi connectivity index (χ0n) is 10.5. The van der Waals surface area contributed by atoms with E-state index in [1.54, 1.807) is 0 Å². The second-order valence-electron chi connectivity index (χ2n) is 3.65. The van der Waals surface area contributed by atoms with Gasteiger partial charge in [0.1, 0.15) is 11.6 Å². The Morgan fingerprint density at radius 3 is 2.90 bits per heavy atom. The molecule has 0 radical (unpaired) electrons. The molecule has 0 fully saturated rings. The molecule has 2 aromatic rings. The van der Waals surface area contributed by atoms with Gasteiger partial charge in [-0.15, -0.1) is 5.10 Å². The minimum atomic E-state index is -4.54. The SMILES string of the molecule is COC(=O)Cn1nnnc1Sc1ncccc1C(F)(F)F. The van der Waals surface area contributed by atoms with E-state index in [2.05, 4.69) is 25.2 Å². The number of rotatable bonds is 4. The van der Waals surface area contributed by atoms with Crippen LogP contribution in [0, 0.1) is 0 Å². The Balaban J connectivity index is 2.28. The van der Waals surface area contributed by atoms with E-state index in [0.717, 1.165) is 10.7 Å². The molecule has 0 aliphatic heterocycles. The zero-order chi connectivity index (χ0) is 15.5. The predicted molar refractivity (Wildman–Crippen MR) is 63.2 cm³/mol. The summed E-state index contributed by atoms with van der Waals surface area (Å²) in [5.41, 5.74) is -0.900. The second kappa shape index (κ2) is 6.08. The molecule has 21 heavy (non-hydrogen) atoms. The summed E-state index contributed by atoms with van der Waals surface area (Å²) in [6.07, 6.45) is -3.32. The standard InChI is InChI=1S/C10H8F3N5O2S/c1-20-7(19)5-18-9(15-16-17-18)21-8-6(10(11,12)13)3-2-4-14-8/h2-4H,5H2,1H3. The van der Waals surface area contributed by atoms with E-state index in [9.17, 15) is 18.0 Å². The molecule has 0 aliphatic carbocycles. The van der Waals surface area contributed by atoms with Gasteiger partial charge in [-0.2, -0.15) is 13.2 Å². The van der Waals surface area contributed by atoms with Crippen molar-refractivity contribution in [2.45, 2.75) is 22.9 Å². The van der Waals surface area contributed by atoms with Crippen molar-refractivity contribution in [2.24, 2.45) is 0 Å². The molecule has 112 valence electrons. The summed E-state index contributed by atoms with van der Waals surface area (Å²) in [5.74, 6) is -0.624. The molecule has 0 atom stereocenters. The van der Waals surface area contributed by atoms with Crippen LogP contribution in [0.2, 0.25) is 0 Å². The minimum absolute atomic E-state index is 0.00426. The maximum atomic E-state index is 12.9. The largest absolute Gasteiger partial charge is 0.468 e. The van der Waals surface area contributed by atoms with Crippen LogP contribution in [0.15, 0.2) is 28.5 Å². The van der Waals surface area contributed by atoms with Crippen LogP contribution in [-0.4, -0.2) is 38.3 Å². The number of aromatic nitrogens is 5. The molecule has 0 saturated heterocycles. The Bertz CT molecular complexity index is 646. The van der Waals surface area contributed by atoms with Gasteiger partial charge in [0.25, 0.3) is 0 Å². The van der Waals surface area contributed by atoms with Gasteiger partial charge in [-0.3, -0.25) is 4.79 Å². The van der Waals surface area contributed by atoms with Crippen LogP contribution in [0.1, 0.15) is 5.56 Å². The van der Waals surface area contributed by atoms with E-state index in [4.69, 9.17) is 0 Å². The van der Waals surface area contributed by atoms with Gasteiger partial charge in [0.15, 0.2) is 0 Å². The summed E-state index contributed by atoms with van der Waals surface area (Å²) in [5, 5.41) is 10.1. The zero-order valence-corrected chi connectivity index (χ0v) is 11.4. The average molecular weight is 319 g/mol. The summed E-state index contributed by atoms with van der Waals surface area (Å²) >= 11 is 0.615.